The van der Waals surface area contributed by atoms with E-state index in [-0.39, 0.29) is 6.79 Å². The van der Waals surface area contributed by atoms with Crippen LogP contribution in [0.15, 0.2) is 0 Å². The van der Waals surface area contributed by atoms with Crippen LogP contribution >= 0.6 is 0 Å². The number of hydrogen-bond acceptors (Lipinski definition) is 6. The molecular weight excluding hydrogens is 228 g/mol. The molecule has 0 radical (unpaired) electrons. The van der Waals surface area contributed by atoms with E-state index in [1.165, 1.54) is 0 Å². The highest BCUT2D eigenvalue weighted by molar-refractivity contribution is 4.88. The van der Waals surface area contributed by atoms with Crippen molar-refractivity contribution in [1.82, 2.24) is 0 Å². The molecule has 0 saturated carbocycles. The van der Waals surface area contributed by atoms with Gasteiger partial charge in [0.2, 0.25) is 0 Å². The van der Waals surface area contributed by atoms with Gasteiger partial charge in [0.15, 0.2) is 19.4 Å². The highest BCUT2D eigenvalue weighted by Gasteiger charge is 2.46. The van der Waals surface area contributed by atoms with Crippen molar-refractivity contribution in [2.45, 2.75) is 50.8 Å². The average molecular weight is 248 g/mol. The van der Waals surface area contributed by atoms with Crippen LogP contribution in [0.4, 0.5) is 0 Å². The molecule has 1 N–H and O–H groups in total. The summed E-state index contributed by atoms with van der Waals surface area (Å²) in [7, 11) is 0. The minimum Gasteiger partial charge on any atom is -0.384 e. The van der Waals surface area contributed by atoms with Crippen LogP contribution in [0.2, 0.25) is 0 Å². The fraction of sp³-hybridized carbons (Fsp3) is 1.00. The third kappa shape index (κ3) is 3.37. The molecule has 6 nitrogen and oxygen atoms in total. The summed E-state index contributed by atoms with van der Waals surface area (Å²) in [5, 5.41) is 10.4. The summed E-state index contributed by atoms with van der Waals surface area (Å²) in [6.45, 7) is 3.26. The van der Waals surface area contributed by atoms with Crippen molar-refractivity contribution >= 4 is 0 Å². The zero-order valence-corrected chi connectivity index (χ0v) is 10.1. The SMILES string of the molecule is CCCCO[C@H]1OCC[C@]1(O)CC1OCOO1. The molecule has 2 fully saturated rings. The predicted octanol–water partition coefficient (Wildman–Crippen LogP) is 0.933. The highest BCUT2D eigenvalue weighted by Crippen LogP contribution is 2.33. The van der Waals surface area contributed by atoms with E-state index in [1.807, 2.05) is 0 Å². The van der Waals surface area contributed by atoms with Crippen molar-refractivity contribution in [3.8, 4) is 0 Å². The van der Waals surface area contributed by atoms with E-state index < -0.39 is 18.2 Å². The van der Waals surface area contributed by atoms with Crippen LogP contribution in [-0.2, 0) is 24.0 Å². The van der Waals surface area contributed by atoms with E-state index >= 15 is 0 Å². The van der Waals surface area contributed by atoms with E-state index in [0.717, 1.165) is 12.8 Å². The zero-order chi connectivity index (χ0) is 12.1. The van der Waals surface area contributed by atoms with E-state index in [4.69, 9.17) is 19.1 Å². The van der Waals surface area contributed by atoms with Crippen LogP contribution in [0.5, 0.6) is 0 Å². The lowest BCUT2D eigenvalue weighted by Gasteiger charge is -2.29. The van der Waals surface area contributed by atoms with E-state index in [1.54, 1.807) is 0 Å². The summed E-state index contributed by atoms with van der Waals surface area (Å²) in [5.41, 5.74) is -1.05. The summed E-state index contributed by atoms with van der Waals surface area (Å²) < 4.78 is 16.1. The van der Waals surface area contributed by atoms with E-state index in [9.17, 15) is 5.11 Å². The van der Waals surface area contributed by atoms with Gasteiger partial charge in [-0.2, -0.15) is 0 Å². The Kier molecular flexibility index (Phi) is 4.72. The molecule has 1 unspecified atom stereocenters. The maximum atomic E-state index is 10.4. The second-order valence-corrected chi connectivity index (χ2v) is 4.41. The van der Waals surface area contributed by atoms with Crippen molar-refractivity contribution in [3.05, 3.63) is 0 Å². The van der Waals surface area contributed by atoms with Crippen LogP contribution in [0.25, 0.3) is 0 Å². The monoisotopic (exact) mass is 248 g/mol. The topological polar surface area (TPSA) is 66.4 Å². The number of hydrogen-bond donors (Lipinski definition) is 1. The smallest absolute Gasteiger partial charge is 0.197 e. The van der Waals surface area contributed by atoms with E-state index in [0.29, 0.717) is 26.1 Å². The van der Waals surface area contributed by atoms with Crippen molar-refractivity contribution < 1.29 is 29.1 Å². The number of rotatable bonds is 6. The largest absolute Gasteiger partial charge is 0.384 e. The zero-order valence-electron chi connectivity index (χ0n) is 10.1. The van der Waals surface area contributed by atoms with Crippen molar-refractivity contribution in [2.75, 3.05) is 20.0 Å². The maximum absolute atomic E-state index is 10.4. The lowest BCUT2D eigenvalue weighted by atomic mass is 9.97. The van der Waals surface area contributed by atoms with Gasteiger partial charge >= 0.3 is 0 Å². The Labute approximate surface area is 101 Å². The molecule has 0 aliphatic carbocycles. The second kappa shape index (κ2) is 6.08. The van der Waals surface area contributed by atoms with Gasteiger partial charge in [0.05, 0.1) is 6.61 Å². The minimum atomic E-state index is -1.05. The lowest BCUT2D eigenvalue weighted by molar-refractivity contribution is -0.291. The van der Waals surface area contributed by atoms with Gasteiger partial charge in [-0.15, -0.1) is 0 Å². The molecule has 0 aromatic rings. The first-order valence-electron chi connectivity index (χ1n) is 6.10. The van der Waals surface area contributed by atoms with Gasteiger partial charge in [0.1, 0.15) is 5.60 Å². The molecule has 2 aliphatic rings. The third-order valence-corrected chi connectivity index (χ3v) is 3.01. The standard InChI is InChI=1S/C11H20O6/c1-2-3-5-13-10-11(12,4-6-14-10)7-9-15-8-16-17-9/h9-10,12H,2-8H2,1H3/t9?,10-,11-/m0/s1. The van der Waals surface area contributed by atoms with Crippen LogP contribution in [0.3, 0.4) is 0 Å². The maximum Gasteiger partial charge on any atom is 0.197 e. The highest BCUT2D eigenvalue weighted by atomic mass is 17.3. The molecule has 0 aromatic heterocycles. The van der Waals surface area contributed by atoms with Gasteiger partial charge in [-0.3, -0.25) is 0 Å². The first-order chi connectivity index (χ1) is 8.24. The Hall–Kier alpha value is -0.240. The van der Waals surface area contributed by atoms with Crippen molar-refractivity contribution in [1.29, 1.82) is 0 Å². The number of ether oxygens (including phenoxy) is 3. The first kappa shape index (κ1) is 13.2. The molecule has 2 saturated heterocycles. The van der Waals surface area contributed by atoms with Gasteiger partial charge in [0, 0.05) is 19.4 Å². The van der Waals surface area contributed by atoms with Gasteiger partial charge in [-0.05, 0) is 6.42 Å². The molecule has 0 aromatic carbocycles. The predicted molar refractivity (Wildman–Crippen MR) is 56.7 cm³/mol. The quantitative estimate of drug-likeness (QED) is 0.557. The van der Waals surface area contributed by atoms with Crippen molar-refractivity contribution in [3.63, 3.8) is 0 Å². The average Bonchev–Trinajstić information content (AvgIpc) is 2.91. The fourth-order valence-electron chi connectivity index (χ4n) is 1.97. The molecule has 2 aliphatic heterocycles. The summed E-state index contributed by atoms with van der Waals surface area (Å²) in [6.07, 6.45) is 1.68. The molecule has 17 heavy (non-hydrogen) atoms. The van der Waals surface area contributed by atoms with Gasteiger partial charge < -0.3 is 19.3 Å². The summed E-state index contributed by atoms with van der Waals surface area (Å²) in [6, 6.07) is 0. The summed E-state index contributed by atoms with van der Waals surface area (Å²) in [5.74, 6) is 0. The Morgan fingerprint density at radius 3 is 3.00 bits per heavy atom. The Morgan fingerprint density at radius 1 is 1.41 bits per heavy atom. The Bertz CT molecular complexity index is 230. The Morgan fingerprint density at radius 2 is 2.29 bits per heavy atom. The molecule has 2 rings (SSSR count). The Balaban J connectivity index is 1.82. The number of unbranched alkanes of at least 4 members (excludes halogenated alkanes) is 1. The van der Waals surface area contributed by atoms with Gasteiger partial charge in [-0.1, -0.05) is 13.3 Å². The molecule has 100 valence electrons. The normalized spacial score (nSPS) is 37.8. The van der Waals surface area contributed by atoms with Crippen molar-refractivity contribution in [2.24, 2.45) is 0 Å². The lowest BCUT2D eigenvalue weighted by Crippen LogP contribution is -2.43. The molecule has 6 heteroatoms. The van der Waals surface area contributed by atoms with E-state index in [2.05, 4.69) is 11.8 Å². The molecular formula is C11H20O6. The molecule has 2 heterocycles. The second-order valence-electron chi connectivity index (χ2n) is 4.41. The van der Waals surface area contributed by atoms with Gasteiger partial charge in [-0.25, -0.2) is 9.78 Å². The molecule has 3 atom stereocenters. The fourth-order valence-corrected chi connectivity index (χ4v) is 1.97. The van der Waals surface area contributed by atoms with Crippen LogP contribution in [0, 0.1) is 0 Å². The summed E-state index contributed by atoms with van der Waals surface area (Å²) >= 11 is 0. The first-order valence-corrected chi connectivity index (χ1v) is 6.10. The minimum absolute atomic E-state index is 0.100. The van der Waals surface area contributed by atoms with Gasteiger partial charge in [0.25, 0.3) is 0 Å². The molecule has 0 bridgehead atoms. The molecule has 0 amide bonds. The van der Waals surface area contributed by atoms with Crippen LogP contribution in [-0.4, -0.2) is 43.3 Å². The van der Waals surface area contributed by atoms with Crippen LogP contribution in [0.1, 0.15) is 32.6 Å². The van der Waals surface area contributed by atoms with Crippen LogP contribution < -0.4 is 0 Å². The number of aliphatic hydroxyl groups is 1. The third-order valence-electron chi connectivity index (χ3n) is 3.01. The molecule has 0 spiro atoms. The summed E-state index contributed by atoms with van der Waals surface area (Å²) in [4.78, 5) is 9.49.